The van der Waals surface area contributed by atoms with Gasteiger partial charge in [0.15, 0.2) is 0 Å². The molecule has 0 spiro atoms. The molecule has 1 heterocycles. The van der Waals surface area contributed by atoms with E-state index in [9.17, 15) is 13.2 Å². The van der Waals surface area contributed by atoms with Crippen LogP contribution in [0.25, 0.3) is 0 Å². The van der Waals surface area contributed by atoms with Crippen molar-refractivity contribution in [3.05, 3.63) is 125 Å². The lowest BCUT2D eigenvalue weighted by Crippen LogP contribution is -2.38. The molecule has 1 aliphatic heterocycles. The molecule has 0 saturated carbocycles. The number of amides is 1. The van der Waals surface area contributed by atoms with Crippen LogP contribution in [0.2, 0.25) is 0 Å². The molecule has 6 heteroatoms. The largest absolute Gasteiger partial charge is 0.305 e. The highest BCUT2D eigenvalue weighted by molar-refractivity contribution is 7.92. The minimum Gasteiger partial charge on any atom is -0.305 e. The summed E-state index contributed by atoms with van der Waals surface area (Å²) in [5, 5.41) is 0. The van der Waals surface area contributed by atoms with Gasteiger partial charge in [-0.3, -0.25) is 9.10 Å². The summed E-state index contributed by atoms with van der Waals surface area (Å²) in [5.41, 5.74) is 4.51. The van der Waals surface area contributed by atoms with Crippen molar-refractivity contribution in [2.45, 2.75) is 37.8 Å². The van der Waals surface area contributed by atoms with E-state index >= 15 is 0 Å². The van der Waals surface area contributed by atoms with Gasteiger partial charge in [-0.05, 0) is 61.7 Å². The van der Waals surface area contributed by atoms with Gasteiger partial charge in [-0.25, -0.2) is 8.42 Å². The Morgan fingerprint density at radius 3 is 2.25 bits per heavy atom. The van der Waals surface area contributed by atoms with Gasteiger partial charge in [0.2, 0.25) is 0 Å². The van der Waals surface area contributed by atoms with Crippen LogP contribution in [0.15, 0.2) is 108 Å². The molecular weight excluding hydrogens is 468 g/mol. The van der Waals surface area contributed by atoms with Crippen molar-refractivity contribution in [3.8, 4) is 0 Å². The summed E-state index contributed by atoms with van der Waals surface area (Å²) in [4.78, 5) is 16.0. The van der Waals surface area contributed by atoms with E-state index in [0.717, 1.165) is 28.8 Å². The van der Waals surface area contributed by atoms with Gasteiger partial charge in [0, 0.05) is 11.7 Å². The Labute approximate surface area is 212 Å². The molecule has 0 radical (unpaired) electrons. The molecule has 0 unspecified atom stereocenters. The van der Waals surface area contributed by atoms with Crippen LogP contribution < -0.4 is 9.21 Å². The number of hydrogen-bond donors (Lipinski definition) is 0. The molecule has 0 N–H and O–H groups in total. The topological polar surface area (TPSA) is 57.7 Å². The normalized spacial score (nSPS) is 14.9. The minimum absolute atomic E-state index is 0.0285. The van der Waals surface area contributed by atoms with E-state index in [1.54, 1.807) is 53.4 Å². The van der Waals surface area contributed by atoms with Crippen molar-refractivity contribution >= 4 is 27.3 Å². The van der Waals surface area contributed by atoms with Crippen LogP contribution in [0.1, 0.15) is 34.0 Å². The van der Waals surface area contributed by atoms with E-state index in [1.165, 1.54) is 4.31 Å². The van der Waals surface area contributed by atoms with Gasteiger partial charge >= 0.3 is 0 Å². The maximum absolute atomic E-state index is 14.0. The Hall–Kier alpha value is -3.90. The molecule has 4 aromatic carbocycles. The molecule has 0 aliphatic carbocycles. The number of carbonyl (C=O) groups excluding carboxylic acids is 1. The number of hydrogen-bond acceptors (Lipinski definition) is 3. The molecule has 5 nitrogen and oxygen atoms in total. The quantitative estimate of drug-likeness (QED) is 0.330. The SMILES string of the molecule is Cc1ccc(S(=O)(=O)N(Cc2ccccc2)c2ccccc2C(=O)N2c3ccccc3C[C@@H]2C)cc1. The third kappa shape index (κ3) is 4.40. The first-order valence-corrected chi connectivity index (χ1v) is 13.4. The molecule has 182 valence electrons. The predicted molar refractivity (Wildman–Crippen MR) is 144 cm³/mol. The van der Waals surface area contributed by atoms with E-state index in [0.29, 0.717) is 11.3 Å². The zero-order chi connectivity index (χ0) is 25.3. The number of benzene rings is 4. The lowest BCUT2D eigenvalue weighted by Gasteiger charge is -2.29. The fourth-order valence-electron chi connectivity index (χ4n) is 4.76. The van der Waals surface area contributed by atoms with Gasteiger partial charge < -0.3 is 4.90 Å². The highest BCUT2D eigenvalue weighted by atomic mass is 32.2. The Morgan fingerprint density at radius 1 is 0.861 bits per heavy atom. The standard InChI is InChI=1S/C30H28N2O3S/c1-22-16-18-26(19-17-22)36(34,35)31(21-24-10-4-3-5-11-24)29-15-9-7-13-27(29)30(33)32-23(2)20-25-12-6-8-14-28(25)32/h3-19,23H,20-21H2,1-2H3/t23-/m0/s1. The van der Waals surface area contributed by atoms with Crippen LogP contribution in [-0.2, 0) is 23.0 Å². The van der Waals surface area contributed by atoms with Gasteiger partial charge in [-0.1, -0.05) is 78.4 Å². The molecule has 0 aromatic heterocycles. The van der Waals surface area contributed by atoms with Gasteiger partial charge in [0.05, 0.1) is 22.7 Å². The van der Waals surface area contributed by atoms with Crippen LogP contribution in [0.5, 0.6) is 0 Å². The number of carbonyl (C=O) groups is 1. The average molecular weight is 497 g/mol. The van der Waals surface area contributed by atoms with Crippen molar-refractivity contribution in [3.63, 3.8) is 0 Å². The summed E-state index contributed by atoms with van der Waals surface area (Å²) in [6.07, 6.45) is 0.763. The Morgan fingerprint density at radius 2 is 1.50 bits per heavy atom. The number of aryl methyl sites for hydroxylation is 1. The predicted octanol–water partition coefficient (Wildman–Crippen LogP) is 5.98. The van der Waals surface area contributed by atoms with Crippen molar-refractivity contribution < 1.29 is 13.2 Å². The maximum atomic E-state index is 14.0. The van der Waals surface area contributed by atoms with Crippen molar-refractivity contribution in [2.75, 3.05) is 9.21 Å². The maximum Gasteiger partial charge on any atom is 0.264 e. The van der Waals surface area contributed by atoms with Crippen LogP contribution >= 0.6 is 0 Å². The van der Waals surface area contributed by atoms with Gasteiger partial charge in [0.1, 0.15) is 0 Å². The molecule has 0 saturated heterocycles. The highest BCUT2D eigenvalue weighted by Gasteiger charge is 2.35. The second-order valence-corrected chi connectivity index (χ2v) is 11.0. The van der Waals surface area contributed by atoms with Crippen LogP contribution in [0, 0.1) is 6.92 Å². The van der Waals surface area contributed by atoms with Gasteiger partial charge in [0.25, 0.3) is 15.9 Å². The molecule has 0 bridgehead atoms. The van der Waals surface area contributed by atoms with Crippen LogP contribution in [0.3, 0.4) is 0 Å². The lowest BCUT2D eigenvalue weighted by molar-refractivity contribution is 0.0982. The summed E-state index contributed by atoms with van der Waals surface area (Å²) in [7, 11) is -3.96. The zero-order valence-corrected chi connectivity index (χ0v) is 21.2. The highest BCUT2D eigenvalue weighted by Crippen LogP contribution is 2.36. The van der Waals surface area contributed by atoms with E-state index in [1.807, 2.05) is 68.4 Å². The second-order valence-electron chi connectivity index (χ2n) is 9.18. The van der Waals surface area contributed by atoms with Crippen molar-refractivity contribution in [1.29, 1.82) is 0 Å². The monoisotopic (exact) mass is 496 g/mol. The Kier molecular flexibility index (Phi) is 6.37. The van der Waals surface area contributed by atoms with Gasteiger partial charge in [-0.2, -0.15) is 0 Å². The summed E-state index contributed by atoms with van der Waals surface area (Å²) < 4.78 is 29.4. The van der Waals surface area contributed by atoms with E-state index in [2.05, 4.69) is 0 Å². The fourth-order valence-corrected chi connectivity index (χ4v) is 6.23. The third-order valence-corrected chi connectivity index (χ3v) is 8.38. The molecule has 5 rings (SSSR count). The van der Waals surface area contributed by atoms with E-state index in [-0.39, 0.29) is 23.4 Å². The first kappa shape index (κ1) is 23.8. The lowest BCUT2D eigenvalue weighted by atomic mass is 10.1. The number of rotatable bonds is 6. The second kappa shape index (κ2) is 9.63. The Balaban J connectivity index is 1.63. The summed E-state index contributed by atoms with van der Waals surface area (Å²) in [5.74, 6) is -0.208. The van der Waals surface area contributed by atoms with E-state index in [4.69, 9.17) is 0 Å². The molecule has 36 heavy (non-hydrogen) atoms. The molecule has 1 atom stereocenters. The average Bonchev–Trinajstić information content (AvgIpc) is 3.23. The number of nitrogens with zero attached hydrogens (tertiary/aromatic N) is 2. The fraction of sp³-hybridized carbons (Fsp3) is 0.167. The Bertz CT molecular complexity index is 1500. The molecule has 1 amide bonds. The van der Waals surface area contributed by atoms with Crippen LogP contribution in [-0.4, -0.2) is 20.4 Å². The third-order valence-electron chi connectivity index (χ3n) is 6.61. The van der Waals surface area contributed by atoms with Crippen LogP contribution in [0.4, 0.5) is 11.4 Å². The first-order valence-electron chi connectivity index (χ1n) is 12.0. The summed E-state index contributed by atoms with van der Waals surface area (Å²) in [6.45, 7) is 4.04. The number of sulfonamides is 1. The minimum atomic E-state index is -3.96. The molecular formula is C30H28N2O3S. The molecule has 4 aromatic rings. The number of fused-ring (bicyclic) bond motifs is 1. The number of anilines is 2. The van der Waals surface area contributed by atoms with Crippen molar-refractivity contribution in [2.24, 2.45) is 0 Å². The van der Waals surface area contributed by atoms with E-state index < -0.39 is 10.0 Å². The van der Waals surface area contributed by atoms with Gasteiger partial charge in [-0.15, -0.1) is 0 Å². The summed E-state index contributed by atoms with van der Waals surface area (Å²) >= 11 is 0. The first-order chi connectivity index (χ1) is 17.4. The summed E-state index contributed by atoms with van der Waals surface area (Å²) in [6, 6.07) is 31.1. The smallest absolute Gasteiger partial charge is 0.264 e. The zero-order valence-electron chi connectivity index (χ0n) is 20.3. The molecule has 1 aliphatic rings. The molecule has 0 fully saturated rings. The number of para-hydroxylation sites is 2. The van der Waals surface area contributed by atoms with Crippen molar-refractivity contribution in [1.82, 2.24) is 0 Å².